The molecule has 0 saturated heterocycles. The van der Waals surface area contributed by atoms with Crippen molar-refractivity contribution in [3.8, 4) is 0 Å². The molecule has 0 saturated carbocycles. The van der Waals surface area contributed by atoms with E-state index in [0.717, 1.165) is 0 Å². The summed E-state index contributed by atoms with van der Waals surface area (Å²) in [4.78, 5) is 14.6. The van der Waals surface area contributed by atoms with Crippen molar-refractivity contribution in [3.63, 3.8) is 0 Å². The molecule has 0 aromatic carbocycles. The molecule has 6 heteroatoms. The Labute approximate surface area is 81.1 Å². The van der Waals surface area contributed by atoms with E-state index in [4.69, 9.17) is 5.11 Å². The third-order valence-electron chi connectivity index (χ3n) is 1.57. The van der Waals surface area contributed by atoms with Gasteiger partial charge >= 0.3 is 5.97 Å². The highest BCUT2D eigenvalue weighted by Gasteiger charge is 2.11. The van der Waals surface area contributed by atoms with Gasteiger partial charge in [-0.2, -0.15) is 5.10 Å². The molecule has 0 aliphatic heterocycles. The zero-order chi connectivity index (χ0) is 9.42. The van der Waals surface area contributed by atoms with Crippen molar-refractivity contribution in [2.75, 3.05) is 0 Å². The number of hydrogen-bond donors (Lipinski definition) is 1. The summed E-state index contributed by atoms with van der Waals surface area (Å²) in [7, 11) is 0. The van der Waals surface area contributed by atoms with Crippen LogP contribution in [0.5, 0.6) is 0 Å². The molecule has 66 valence electrons. The smallest absolute Gasteiger partial charge is 0.339 e. The van der Waals surface area contributed by atoms with E-state index in [0.29, 0.717) is 10.1 Å². The standard InChI is InChI=1S/C7H4BrN3O2/c8-4-1-5(7(12)13)6-9-3-10-11(6)2-4/h1-3H,(H,12,13). The molecular formula is C7H4BrN3O2. The van der Waals surface area contributed by atoms with Gasteiger partial charge < -0.3 is 5.11 Å². The Hall–Kier alpha value is -1.43. The highest BCUT2D eigenvalue weighted by molar-refractivity contribution is 9.10. The van der Waals surface area contributed by atoms with E-state index >= 15 is 0 Å². The summed E-state index contributed by atoms with van der Waals surface area (Å²) in [6.07, 6.45) is 2.96. The van der Waals surface area contributed by atoms with Gasteiger partial charge in [0.2, 0.25) is 0 Å². The molecule has 2 rings (SSSR count). The normalized spacial score (nSPS) is 10.5. The minimum absolute atomic E-state index is 0.131. The highest BCUT2D eigenvalue weighted by atomic mass is 79.9. The molecule has 0 radical (unpaired) electrons. The fourth-order valence-electron chi connectivity index (χ4n) is 1.05. The number of pyridine rings is 1. The topological polar surface area (TPSA) is 67.5 Å². The molecule has 5 nitrogen and oxygen atoms in total. The molecule has 2 heterocycles. The summed E-state index contributed by atoms with van der Waals surface area (Å²) in [5.74, 6) is -1.01. The van der Waals surface area contributed by atoms with Gasteiger partial charge in [0.25, 0.3) is 0 Å². The number of fused-ring (bicyclic) bond motifs is 1. The summed E-state index contributed by atoms with van der Waals surface area (Å²) in [6.45, 7) is 0. The number of aromatic carboxylic acids is 1. The average Bonchev–Trinajstić information content (AvgIpc) is 2.49. The predicted octanol–water partition coefficient (Wildman–Crippen LogP) is 1.19. The van der Waals surface area contributed by atoms with Crippen LogP contribution in [0.15, 0.2) is 23.1 Å². The zero-order valence-electron chi connectivity index (χ0n) is 6.31. The molecule has 0 aliphatic rings. The van der Waals surface area contributed by atoms with Crippen LogP contribution in [0, 0.1) is 0 Å². The van der Waals surface area contributed by atoms with Crippen LogP contribution in [-0.4, -0.2) is 25.7 Å². The van der Waals surface area contributed by atoms with Gasteiger partial charge in [-0.05, 0) is 22.0 Å². The summed E-state index contributed by atoms with van der Waals surface area (Å²) in [5, 5.41) is 12.7. The van der Waals surface area contributed by atoms with Gasteiger partial charge in [-0.25, -0.2) is 14.3 Å². The second-order valence-electron chi connectivity index (χ2n) is 2.41. The predicted molar refractivity (Wildman–Crippen MR) is 47.6 cm³/mol. The molecule has 0 bridgehead atoms. The van der Waals surface area contributed by atoms with Crippen molar-refractivity contribution in [1.82, 2.24) is 14.6 Å². The molecule has 0 spiro atoms. The van der Waals surface area contributed by atoms with E-state index in [1.54, 1.807) is 6.20 Å². The van der Waals surface area contributed by atoms with Crippen LogP contribution >= 0.6 is 15.9 Å². The van der Waals surface area contributed by atoms with Crippen molar-refractivity contribution in [2.45, 2.75) is 0 Å². The molecule has 0 atom stereocenters. The van der Waals surface area contributed by atoms with E-state index in [-0.39, 0.29) is 5.56 Å². The van der Waals surface area contributed by atoms with Gasteiger partial charge in [0.05, 0.1) is 0 Å². The van der Waals surface area contributed by atoms with Crippen molar-refractivity contribution in [2.24, 2.45) is 0 Å². The Kier molecular flexibility index (Phi) is 1.77. The first kappa shape index (κ1) is 8.18. The first-order valence-corrected chi connectivity index (χ1v) is 4.20. The number of carbonyl (C=O) groups is 1. The molecule has 0 unspecified atom stereocenters. The number of aromatic nitrogens is 3. The Morgan fingerprint density at radius 2 is 2.38 bits per heavy atom. The quantitative estimate of drug-likeness (QED) is 0.815. The van der Waals surface area contributed by atoms with Crippen LogP contribution in [0.3, 0.4) is 0 Å². The SMILES string of the molecule is O=C(O)c1cc(Br)cn2ncnc12. The van der Waals surface area contributed by atoms with Gasteiger partial charge in [-0.3, -0.25) is 0 Å². The van der Waals surface area contributed by atoms with Gasteiger partial charge in [0.1, 0.15) is 11.9 Å². The Bertz CT molecular complexity index is 480. The van der Waals surface area contributed by atoms with Crippen molar-refractivity contribution in [3.05, 3.63) is 28.6 Å². The van der Waals surface area contributed by atoms with Gasteiger partial charge in [-0.15, -0.1) is 0 Å². The number of hydrogen-bond acceptors (Lipinski definition) is 3. The lowest BCUT2D eigenvalue weighted by atomic mass is 10.3. The summed E-state index contributed by atoms with van der Waals surface area (Å²) >= 11 is 3.18. The molecule has 1 N–H and O–H groups in total. The number of carboxylic acids is 1. The molecular weight excluding hydrogens is 238 g/mol. The van der Waals surface area contributed by atoms with E-state index in [9.17, 15) is 4.79 Å². The summed E-state index contributed by atoms with van der Waals surface area (Å²) in [5.41, 5.74) is 0.475. The fourth-order valence-corrected chi connectivity index (χ4v) is 1.47. The minimum atomic E-state index is -1.01. The Morgan fingerprint density at radius 3 is 3.08 bits per heavy atom. The van der Waals surface area contributed by atoms with Crippen LogP contribution < -0.4 is 0 Å². The number of rotatable bonds is 1. The van der Waals surface area contributed by atoms with Crippen molar-refractivity contribution < 1.29 is 9.90 Å². The maximum Gasteiger partial charge on any atom is 0.339 e. The zero-order valence-corrected chi connectivity index (χ0v) is 7.89. The maximum absolute atomic E-state index is 10.8. The Balaban J connectivity index is 2.84. The lowest BCUT2D eigenvalue weighted by molar-refractivity contribution is 0.0698. The van der Waals surface area contributed by atoms with Crippen LogP contribution in [-0.2, 0) is 0 Å². The van der Waals surface area contributed by atoms with Crippen molar-refractivity contribution in [1.29, 1.82) is 0 Å². The van der Waals surface area contributed by atoms with E-state index < -0.39 is 5.97 Å². The van der Waals surface area contributed by atoms with Gasteiger partial charge in [0.15, 0.2) is 5.65 Å². The van der Waals surface area contributed by atoms with E-state index in [1.807, 2.05) is 0 Å². The van der Waals surface area contributed by atoms with Crippen LogP contribution in [0.25, 0.3) is 5.65 Å². The fraction of sp³-hybridized carbons (Fsp3) is 0. The van der Waals surface area contributed by atoms with Crippen LogP contribution in [0.1, 0.15) is 10.4 Å². The van der Waals surface area contributed by atoms with Gasteiger partial charge in [0, 0.05) is 10.7 Å². The summed E-state index contributed by atoms with van der Waals surface area (Å²) in [6, 6.07) is 1.49. The first-order valence-electron chi connectivity index (χ1n) is 3.40. The monoisotopic (exact) mass is 241 g/mol. The number of halogens is 1. The highest BCUT2D eigenvalue weighted by Crippen LogP contribution is 2.15. The second-order valence-corrected chi connectivity index (χ2v) is 3.32. The van der Waals surface area contributed by atoms with E-state index in [2.05, 4.69) is 26.0 Å². The van der Waals surface area contributed by atoms with Crippen LogP contribution in [0.4, 0.5) is 0 Å². The average molecular weight is 242 g/mol. The lowest BCUT2D eigenvalue weighted by Gasteiger charge is -1.97. The number of nitrogens with zero attached hydrogens (tertiary/aromatic N) is 3. The largest absolute Gasteiger partial charge is 0.478 e. The van der Waals surface area contributed by atoms with E-state index in [1.165, 1.54) is 16.9 Å². The number of carboxylic acid groups (broad SMARTS) is 1. The minimum Gasteiger partial charge on any atom is -0.478 e. The van der Waals surface area contributed by atoms with Crippen molar-refractivity contribution >= 4 is 27.5 Å². The second kappa shape index (κ2) is 2.81. The first-order chi connectivity index (χ1) is 6.18. The molecule has 2 aromatic heterocycles. The summed E-state index contributed by atoms with van der Waals surface area (Å²) < 4.78 is 2.07. The maximum atomic E-state index is 10.8. The molecule has 13 heavy (non-hydrogen) atoms. The third kappa shape index (κ3) is 1.29. The Morgan fingerprint density at radius 1 is 1.62 bits per heavy atom. The molecule has 0 aliphatic carbocycles. The third-order valence-corrected chi connectivity index (χ3v) is 2.01. The van der Waals surface area contributed by atoms with Gasteiger partial charge in [-0.1, -0.05) is 0 Å². The van der Waals surface area contributed by atoms with Crippen LogP contribution in [0.2, 0.25) is 0 Å². The molecule has 0 amide bonds. The molecule has 0 fully saturated rings. The lowest BCUT2D eigenvalue weighted by Crippen LogP contribution is -2.01. The molecule has 2 aromatic rings.